The predicted molar refractivity (Wildman–Crippen MR) is 68.7 cm³/mol. The first-order valence-electron chi connectivity index (χ1n) is 6.58. The zero-order valence-electron chi connectivity index (χ0n) is 10.2. The van der Waals surface area contributed by atoms with E-state index in [0.717, 1.165) is 6.42 Å². The van der Waals surface area contributed by atoms with Crippen LogP contribution in [0.25, 0.3) is 0 Å². The normalized spacial score (nSPS) is 43.0. The molecule has 0 radical (unpaired) electrons. The number of hydrogen-bond acceptors (Lipinski definition) is 2. The summed E-state index contributed by atoms with van der Waals surface area (Å²) >= 11 is 6.46. The molecule has 94 valence electrons. The summed E-state index contributed by atoms with van der Waals surface area (Å²) in [4.78, 5) is 11.3. The van der Waals surface area contributed by atoms with E-state index in [9.17, 15) is 4.79 Å². The van der Waals surface area contributed by atoms with Crippen molar-refractivity contribution in [3.05, 3.63) is 35.4 Å². The second kappa shape index (κ2) is 3.51. The van der Waals surface area contributed by atoms with E-state index in [4.69, 9.17) is 16.3 Å². The molecular weight excluding hydrogens is 248 g/mol. The van der Waals surface area contributed by atoms with Crippen molar-refractivity contribution in [2.24, 2.45) is 11.8 Å². The predicted octanol–water partition coefficient (Wildman–Crippen LogP) is 3.06. The van der Waals surface area contributed by atoms with Crippen LogP contribution in [0.2, 0.25) is 0 Å². The zero-order chi connectivity index (χ0) is 12.4. The number of fused-ring (bicyclic) bond motifs is 8. The third-order valence-corrected chi connectivity index (χ3v) is 5.46. The van der Waals surface area contributed by atoms with E-state index >= 15 is 0 Å². The van der Waals surface area contributed by atoms with Crippen molar-refractivity contribution >= 4 is 17.6 Å². The highest BCUT2D eigenvalue weighted by Crippen LogP contribution is 2.69. The van der Waals surface area contributed by atoms with Crippen molar-refractivity contribution < 1.29 is 9.53 Å². The molecule has 0 saturated heterocycles. The van der Waals surface area contributed by atoms with Crippen molar-refractivity contribution in [3.63, 3.8) is 0 Å². The lowest BCUT2D eigenvalue weighted by Gasteiger charge is -2.43. The molecule has 4 rings (SSSR count). The zero-order valence-corrected chi connectivity index (χ0v) is 10.9. The molecule has 18 heavy (non-hydrogen) atoms. The van der Waals surface area contributed by atoms with Gasteiger partial charge in [-0.2, -0.15) is 0 Å². The lowest BCUT2D eigenvalue weighted by atomic mass is 9.61. The largest absolute Gasteiger partial charge is 0.462 e. The lowest BCUT2D eigenvalue weighted by Crippen LogP contribution is -2.34. The van der Waals surface area contributed by atoms with Crippen LogP contribution in [0.4, 0.5) is 0 Å². The van der Waals surface area contributed by atoms with Gasteiger partial charge in [0.2, 0.25) is 0 Å². The summed E-state index contributed by atoms with van der Waals surface area (Å²) in [6.45, 7) is 1.50. The number of halogens is 1. The van der Waals surface area contributed by atoms with Crippen LogP contribution in [0.5, 0.6) is 0 Å². The third-order valence-electron chi connectivity index (χ3n) is 5.00. The van der Waals surface area contributed by atoms with Gasteiger partial charge >= 0.3 is 5.97 Å². The highest BCUT2D eigenvalue weighted by Gasteiger charge is 2.65. The van der Waals surface area contributed by atoms with Gasteiger partial charge in [0.05, 0.1) is 0 Å². The fourth-order valence-corrected chi connectivity index (χ4v) is 5.04. The Morgan fingerprint density at radius 2 is 1.94 bits per heavy atom. The van der Waals surface area contributed by atoms with Gasteiger partial charge in [-0.05, 0) is 29.4 Å². The maximum Gasteiger partial charge on any atom is 0.302 e. The van der Waals surface area contributed by atoms with Gasteiger partial charge in [-0.1, -0.05) is 24.3 Å². The highest BCUT2D eigenvalue weighted by atomic mass is 35.5. The van der Waals surface area contributed by atoms with Gasteiger partial charge in [-0.15, -0.1) is 11.6 Å². The molecular formula is C15H15ClO2. The average molecular weight is 263 g/mol. The molecule has 3 aliphatic rings. The van der Waals surface area contributed by atoms with Gasteiger partial charge in [0.15, 0.2) is 0 Å². The molecule has 1 aromatic carbocycles. The van der Waals surface area contributed by atoms with Crippen molar-refractivity contribution in [2.75, 3.05) is 0 Å². The summed E-state index contributed by atoms with van der Waals surface area (Å²) in [5, 5.41) is 0.161. The fourth-order valence-electron chi connectivity index (χ4n) is 4.53. The Labute approximate surface area is 111 Å². The van der Waals surface area contributed by atoms with Crippen LogP contribution < -0.4 is 0 Å². The number of hydrogen-bond donors (Lipinski definition) is 0. The Morgan fingerprint density at radius 3 is 2.61 bits per heavy atom. The van der Waals surface area contributed by atoms with Gasteiger partial charge in [0.25, 0.3) is 0 Å². The monoisotopic (exact) mass is 262 g/mol. The minimum Gasteiger partial charge on any atom is -0.462 e. The van der Waals surface area contributed by atoms with Crippen LogP contribution in [-0.4, -0.2) is 17.5 Å². The van der Waals surface area contributed by atoms with Crippen LogP contribution in [0.15, 0.2) is 24.3 Å². The minimum atomic E-state index is -0.175. The van der Waals surface area contributed by atoms with Crippen LogP contribution in [-0.2, 0) is 9.53 Å². The number of ether oxygens (including phenoxy) is 1. The Morgan fingerprint density at radius 1 is 1.28 bits per heavy atom. The number of carbonyl (C=O) groups is 1. The Bertz CT molecular complexity index is 527. The molecule has 0 unspecified atom stereocenters. The van der Waals surface area contributed by atoms with Crippen LogP contribution in [0.1, 0.15) is 36.3 Å². The lowest BCUT2D eigenvalue weighted by molar-refractivity contribution is -0.148. The Balaban J connectivity index is 1.74. The van der Waals surface area contributed by atoms with Gasteiger partial charge in [0.1, 0.15) is 6.10 Å². The number of benzene rings is 1. The van der Waals surface area contributed by atoms with Crippen molar-refractivity contribution in [2.45, 2.75) is 36.7 Å². The smallest absolute Gasteiger partial charge is 0.302 e. The molecule has 2 fully saturated rings. The average Bonchev–Trinajstić information content (AvgIpc) is 2.72. The standard InChI is InChI=1S/C15H15ClO2/c1-7(17)18-15-10-6-11(16)14(15)13-9-5-3-2-4-8(9)12(10)13/h2-5,10-15H,6H2,1H3/t10-,11+,12-,13-,14+,15-/m0/s1. The van der Waals surface area contributed by atoms with Crippen LogP contribution in [0.3, 0.4) is 0 Å². The fraction of sp³-hybridized carbons (Fsp3) is 0.533. The topological polar surface area (TPSA) is 26.3 Å². The maximum absolute atomic E-state index is 11.3. The number of esters is 1. The minimum absolute atomic E-state index is 0.0346. The molecule has 0 aromatic heterocycles. The van der Waals surface area contributed by atoms with Crippen LogP contribution >= 0.6 is 11.6 Å². The van der Waals surface area contributed by atoms with Gasteiger partial charge in [-0.25, -0.2) is 0 Å². The first-order valence-corrected chi connectivity index (χ1v) is 7.02. The number of carbonyl (C=O) groups excluding carboxylic acids is 1. The van der Waals surface area contributed by atoms with Crippen LogP contribution in [0, 0.1) is 11.8 Å². The maximum atomic E-state index is 11.3. The van der Waals surface area contributed by atoms with E-state index in [1.54, 1.807) is 0 Å². The summed E-state index contributed by atoms with van der Waals surface area (Å²) < 4.78 is 5.56. The molecule has 6 atom stereocenters. The molecule has 2 saturated carbocycles. The van der Waals surface area contributed by atoms with Gasteiger partial charge in [0, 0.05) is 24.1 Å². The molecule has 0 amide bonds. The van der Waals surface area contributed by atoms with E-state index in [1.807, 2.05) is 0 Å². The molecule has 0 N–H and O–H groups in total. The molecule has 2 nitrogen and oxygen atoms in total. The first-order chi connectivity index (χ1) is 8.68. The van der Waals surface area contributed by atoms with Gasteiger partial charge in [-0.3, -0.25) is 4.79 Å². The second-order valence-corrected chi connectivity index (χ2v) is 6.31. The van der Waals surface area contributed by atoms with E-state index in [1.165, 1.54) is 18.1 Å². The van der Waals surface area contributed by atoms with E-state index < -0.39 is 0 Å². The molecule has 3 heteroatoms. The molecule has 3 aliphatic carbocycles. The van der Waals surface area contributed by atoms with Crippen molar-refractivity contribution in [3.8, 4) is 0 Å². The Hall–Kier alpha value is -1.02. The molecule has 0 spiro atoms. The molecule has 0 aliphatic heterocycles. The van der Waals surface area contributed by atoms with E-state index in [2.05, 4.69) is 24.3 Å². The van der Waals surface area contributed by atoms with Crippen molar-refractivity contribution in [1.82, 2.24) is 0 Å². The van der Waals surface area contributed by atoms with Gasteiger partial charge < -0.3 is 4.74 Å². The van der Waals surface area contributed by atoms with Crippen molar-refractivity contribution in [1.29, 1.82) is 0 Å². The van der Waals surface area contributed by atoms with E-state index in [0.29, 0.717) is 23.7 Å². The number of alkyl halides is 1. The number of rotatable bonds is 1. The van der Waals surface area contributed by atoms with E-state index in [-0.39, 0.29) is 17.5 Å². The summed E-state index contributed by atoms with van der Waals surface area (Å²) in [6.07, 6.45) is 1.02. The summed E-state index contributed by atoms with van der Waals surface area (Å²) in [5.41, 5.74) is 2.88. The molecule has 2 bridgehead atoms. The summed E-state index contributed by atoms with van der Waals surface area (Å²) in [7, 11) is 0. The second-order valence-electron chi connectivity index (χ2n) is 5.75. The third kappa shape index (κ3) is 1.17. The summed E-state index contributed by atoms with van der Waals surface area (Å²) in [5.74, 6) is 1.67. The molecule has 1 aromatic rings. The summed E-state index contributed by atoms with van der Waals surface area (Å²) in [6, 6.07) is 8.60. The Kier molecular flexibility index (Phi) is 2.12. The molecule has 0 heterocycles. The SMILES string of the molecule is CC(=O)O[C@H]1[C@H]2C[C@@H](Cl)[C@@H]1[C@H]1c3ccccc3[C@@H]21. The first kappa shape index (κ1) is 10.9. The highest BCUT2D eigenvalue weighted by molar-refractivity contribution is 6.21. The quantitative estimate of drug-likeness (QED) is 0.574.